The number of aliphatic hydroxyl groups excluding tert-OH is 1. The van der Waals surface area contributed by atoms with Gasteiger partial charge >= 0.3 is 0 Å². The SMILES string of the molecule is CC.CO.O=[N+]([O-])c1ccccc1. The molecule has 0 aliphatic heterocycles. The molecule has 0 fully saturated rings. The van der Waals surface area contributed by atoms with Gasteiger partial charge in [-0.3, -0.25) is 10.1 Å². The third kappa shape index (κ3) is 6.96. The number of nitro benzene ring substituents is 1. The number of aliphatic hydroxyl groups is 1. The lowest BCUT2D eigenvalue weighted by Gasteiger charge is -1.85. The molecule has 0 amide bonds. The molecule has 0 spiro atoms. The zero-order valence-electron chi connectivity index (χ0n) is 8.10. The summed E-state index contributed by atoms with van der Waals surface area (Å²) in [4.78, 5) is 9.59. The van der Waals surface area contributed by atoms with Crippen LogP contribution in [0.2, 0.25) is 0 Å². The van der Waals surface area contributed by atoms with Crippen LogP contribution in [0, 0.1) is 10.1 Å². The fraction of sp³-hybridized carbons (Fsp3) is 0.333. The zero-order valence-corrected chi connectivity index (χ0v) is 8.10. The van der Waals surface area contributed by atoms with Crippen molar-refractivity contribution in [3.63, 3.8) is 0 Å². The zero-order chi connectivity index (χ0) is 10.7. The van der Waals surface area contributed by atoms with Crippen molar-refractivity contribution in [2.45, 2.75) is 13.8 Å². The molecule has 0 bridgehead atoms. The molecular weight excluding hydrogens is 170 g/mol. The molecule has 1 aromatic rings. The van der Waals surface area contributed by atoms with Gasteiger partial charge in [-0.1, -0.05) is 32.0 Å². The summed E-state index contributed by atoms with van der Waals surface area (Å²) in [5, 5.41) is 17.0. The minimum Gasteiger partial charge on any atom is -0.400 e. The number of hydrogen-bond acceptors (Lipinski definition) is 3. The Hall–Kier alpha value is -1.42. The first-order chi connectivity index (χ1) is 6.30. The minimum atomic E-state index is -0.417. The highest BCUT2D eigenvalue weighted by molar-refractivity contribution is 5.27. The molecule has 1 N–H and O–H groups in total. The van der Waals surface area contributed by atoms with E-state index in [0.717, 1.165) is 7.11 Å². The van der Waals surface area contributed by atoms with Gasteiger partial charge in [0.15, 0.2) is 0 Å². The Kier molecular flexibility index (Phi) is 11.5. The van der Waals surface area contributed by atoms with Crippen molar-refractivity contribution in [3.05, 3.63) is 40.4 Å². The van der Waals surface area contributed by atoms with E-state index in [0.29, 0.717) is 0 Å². The largest absolute Gasteiger partial charge is 0.400 e. The van der Waals surface area contributed by atoms with Crippen molar-refractivity contribution < 1.29 is 10.0 Å². The summed E-state index contributed by atoms with van der Waals surface area (Å²) in [7, 11) is 1.00. The van der Waals surface area contributed by atoms with E-state index in [4.69, 9.17) is 5.11 Å². The molecule has 0 aliphatic rings. The molecule has 0 aromatic heterocycles. The lowest BCUT2D eigenvalue weighted by Crippen LogP contribution is -1.84. The van der Waals surface area contributed by atoms with E-state index in [1.165, 1.54) is 12.1 Å². The molecule has 0 unspecified atom stereocenters. The minimum absolute atomic E-state index is 0.137. The van der Waals surface area contributed by atoms with Crippen molar-refractivity contribution >= 4 is 5.69 Å². The van der Waals surface area contributed by atoms with Crippen LogP contribution < -0.4 is 0 Å². The van der Waals surface area contributed by atoms with Crippen LogP contribution in [0.5, 0.6) is 0 Å². The van der Waals surface area contributed by atoms with Gasteiger partial charge in [-0.25, -0.2) is 0 Å². The quantitative estimate of drug-likeness (QED) is 0.539. The summed E-state index contributed by atoms with van der Waals surface area (Å²) >= 11 is 0. The number of nitrogens with zero attached hydrogens (tertiary/aromatic N) is 1. The standard InChI is InChI=1S/C6H5NO2.C2H6.CH4O/c8-7(9)6-4-2-1-3-5-6;2*1-2/h1-5H;1-2H3;2H,1H3. The number of rotatable bonds is 1. The molecule has 0 aliphatic carbocycles. The lowest BCUT2D eigenvalue weighted by molar-refractivity contribution is -0.384. The number of para-hydroxylation sites is 1. The predicted molar refractivity (Wildman–Crippen MR) is 52.6 cm³/mol. The van der Waals surface area contributed by atoms with Crippen molar-refractivity contribution in [1.29, 1.82) is 0 Å². The third-order valence-corrected chi connectivity index (χ3v) is 0.967. The van der Waals surface area contributed by atoms with E-state index >= 15 is 0 Å². The molecular formula is C9H15NO3. The Labute approximate surface area is 78.0 Å². The van der Waals surface area contributed by atoms with Gasteiger partial charge in [-0.15, -0.1) is 0 Å². The second kappa shape index (κ2) is 10.6. The number of benzene rings is 1. The van der Waals surface area contributed by atoms with Crippen LogP contribution >= 0.6 is 0 Å². The van der Waals surface area contributed by atoms with Crippen molar-refractivity contribution in [1.82, 2.24) is 0 Å². The van der Waals surface area contributed by atoms with E-state index in [2.05, 4.69) is 0 Å². The maximum absolute atomic E-state index is 10.0. The van der Waals surface area contributed by atoms with Gasteiger partial charge in [0.1, 0.15) is 0 Å². The lowest BCUT2D eigenvalue weighted by atomic mass is 10.3. The Morgan fingerprint density at radius 2 is 1.54 bits per heavy atom. The van der Waals surface area contributed by atoms with Gasteiger partial charge in [0, 0.05) is 19.2 Å². The molecule has 0 heterocycles. The maximum Gasteiger partial charge on any atom is 0.269 e. The van der Waals surface area contributed by atoms with E-state index in [9.17, 15) is 10.1 Å². The maximum atomic E-state index is 10.0. The summed E-state index contributed by atoms with van der Waals surface area (Å²) in [5.41, 5.74) is 0.137. The first-order valence-electron chi connectivity index (χ1n) is 3.95. The Bertz CT molecular complexity index is 211. The van der Waals surface area contributed by atoms with E-state index in [1.807, 2.05) is 13.8 Å². The Morgan fingerprint density at radius 1 is 1.15 bits per heavy atom. The average Bonchev–Trinajstić information content (AvgIpc) is 2.25. The number of nitro groups is 1. The number of non-ortho nitro benzene ring substituents is 1. The van der Waals surface area contributed by atoms with Crippen LogP contribution in [0.1, 0.15) is 13.8 Å². The Balaban J connectivity index is 0. The molecule has 1 rings (SSSR count). The highest BCUT2D eigenvalue weighted by Crippen LogP contribution is 2.06. The van der Waals surface area contributed by atoms with Crippen LogP contribution in [0.25, 0.3) is 0 Å². The van der Waals surface area contributed by atoms with Crippen LogP contribution in [-0.4, -0.2) is 17.1 Å². The summed E-state index contributed by atoms with van der Waals surface area (Å²) in [6.45, 7) is 4.00. The summed E-state index contributed by atoms with van der Waals surface area (Å²) in [6, 6.07) is 7.93. The van der Waals surface area contributed by atoms with Gasteiger partial charge in [0.2, 0.25) is 0 Å². The van der Waals surface area contributed by atoms with E-state index in [1.54, 1.807) is 18.2 Å². The second-order valence-corrected chi connectivity index (χ2v) is 1.59. The molecule has 13 heavy (non-hydrogen) atoms. The molecule has 0 atom stereocenters. The fourth-order valence-electron chi connectivity index (χ4n) is 0.550. The van der Waals surface area contributed by atoms with Crippen molar-refractivity contribution in [3.8, 4) is 0 Å². The molecule has 74 valence electrons. The molecule has 0 saturated carbocycles. The number of hydrogen-bond donors (Lipinski definition) is 1. The highest BCUT2D eigenvalue weighted by Gasteiger charge is 1.98. The van der Waals surface area contributed by atoms with Gasteiger partial charge < -0.3 is 5.11 Å². The molecule has 0 radical (unpaired) electrons. The highest BCUT2D eigenvalue weighted by atomic mass is 16.6. The van der Waals surface area contributed by atoms with Crippen LogP contribution in [0.4, 0.5) is 5.69 Å². The second-order valence-electron chi connectivity index (χ2n) is 1.59. The van der Waals surface area contributed by atoms with Crippen LogP contribution in [0.15, 0.2) is 30.3 Å². The monoisotopic (exact) mass is 185 g/mol. The molecule has 0 saturated heterocycles. The van der Waals surface area contributed by atoms with Gasteiger partial charge in [0.25, 0.3) is 5.69 Å². The first kappa shape index (κ1) is 14.1. The van der Waals surface area contributed by atoms with Crippen LogP contribution in [-0.2, 0) is 0 Å². The topological polar surface area (TPSA) is 63.4 Å². The van der Waals surface area contributed by atoms with Gasteiger partial charge in [-0.2, -0.15) is 0 Å². The average molecular weight is 185 g/mol. The van der Waals surface area contributed by atoms with E-state index in [-0.39, 0.29) is 5.69 Å². The first-order valence-corrected chi connectivity index (χ1v) is 3.95. The van der Waals surface area contributed by atoms with Gasteiger partial charge in [-0.05, 0) is 0 Å². The summed E-state index contributed by atoms with van der Waals surface area (Å²) in [5.74, 6) is 0. The van der Waals surface area contributed by atoms with Crippen molar-refractivity contribution in [2.75, 3.05) is 7.11 Å². The summed E-state index contributed by atoms with van der Waals surface area (Å²) in [6.07, 6.45) is 0. The fourth-order valence-corrected chi connectivity index (χ4v) is 0.550. The normalized spacial score (nSPS) is 7.08. The predicted octanol–water partition coefficient (Wildman–Crippen LogP) is 2.23. The van der Waals surface area contributed by atoms with Gasteiger partial charge in [0.05, 0.1) is 4.92 Å². The third-order valence-electron chi connectivity index (χ3n) is 0.967. The molecule has 1 aromatic carbocycles. The Morgan fingerprint density at radius 3 is 1.77 bits per heavy atom. The summed E-state index contributed by atoms with van der Waals surface area (Å²) < 4.78 is 0. The molecule has 4 heteroatoms. The smallest absolute Gasteiger partial charge is 0.269 e. The van der Waals surface area contributed by atoms with Crippen LogP contribution in [0.3, 0.4) is 0 Å². The van der Waals surface area contributed by atoms with Crippen molar-refractivity contribution in [2.24, 2.45) is 0 Å². The molecule has 4 nitrogen and oxygen atoms in total. The van der Waals surface area contributed by atoms with E-state index < -0.39 is 4.92 Å².